The molecule has 29 heavy (non-hydrogen) atoms. The zero-order chi connectivity index (χ0) is 20.1. The predicted octanol–water partition coefficient (Wildman–Crippen LogP) is 4.50. The highest BCUT2D eigenvalue weighted by molar-refractivity contribution is 5.75. The van der Waals surface area contributed by atoms with Gasteiger partial charge in [-0.25, -0.2) is 0 Å². The van der Waals surface area contributed by atoms with E-state index in [1.54, 1.807) is 0 Å². The Morgan fingerprint density at radius 2 is 2.00 bits per heavy atom. The molecule has 1 N–H and O–H groups in total. The second-order valence-electron chi connectivity index (χ2n) is 7.63. The largest absolute Gasteiger partial charge is 0.488 e. The Morgan fingerprint density at radius 1 is 1.14 bits per heavy atom. The maximum Gasteiger partial charge on any atom is 0.220 e. The summed E-state index contributed by atoms with van der Waals surface area (Å²) in [5.74, 6) is 0.995. The van der Waals surface area contributed by atoms with Crippen LogP contribution in [0.2, 0.25) is 0 Å². The van der Waals surface area contributed by atoms with Gasteiger partial charge in [0.1, 0.15) is 11.9 Å². The van der Waals surface area contributed by atoms with Crippen molar-refractivity contribution < 1.29 is 9.53 Å². The van der Waals surface area contributed by atoms with E-state index in [4.69, 9.17) is 4.74 Å². The molecule has 148 valence electrons. The molecule has 0 saturated heterocycles. The van der Waals surface area contributed by atoms with Crippen molar-refractivity contribution in [3.63, 3.8) is 0 Å². The molecular weight excluding hydrogens is 360 g/mol. The number of fused-ring (bicyclic) bond motifs is 1. The van der Waals surface area contributed by atoms with Crippen LogP contribution in [0.4, 0.5) is 0 Å². The first-order valence-corrected chi connectivity index (χ1v) is 10.2. The van der Waals surface area contributed by atoms with Gasteiger partial charge in [-0.1, -0.05) is 36.4 Å². The highest BCUT2D eigenvalue weighted by Crippen LogP contribution is 2.32. The lowest BCUT2D eigenvalue weighted by atomic mass is 10.0. The lowest BCUT2D eigenvalue weighted by molar-refractivity contribution is -0.121. The molecule has 1 aromatic heterocycles. The number of rotatable bonds is 7. The van der Waals surface area contributed by atoms with E-state index >= 15 is 0 Å². The van der Waals surface area contributed by atoms with Crippen LogP contribution >= 0.6 is 0 Å². The fourth-order valence-electron chi connectivity index (χ4n) is 3.65. The average molecular weight is 386 g/mol. The summed E-state index contributed by atoms with van der Waals surface area (Å²) in [5.41, 5.74) is 5.66. The summed E-state index contributed by atoms with van der Waals surface area (Å²) in [5, 5.41) is 3.02. The van der Waals surface area contributed by atoms with Crippen LogP contribution in [0.1, 0.15) is 29.5 Å². The zero-order valence-corrected chi connectivity index (χ0v) is 16.7. The average Bonchev–Trinajstić information content (AvgIpc) is 3.16. The maximum absolute atomic E-state index is 12.2. The monoisotopic (exact) mass is 386 g/mol. The van der Waals surface area contributed by atoms with Crippen LogP contribution in [0.15, 0.2) is 66.9 Å². The Morgan fingerprint density at radius 3 is 2.79 bits per heavy atom. The fourth-order valence-corrected chi connectivity index (χ4v) is 3.65. The van der Waals surface area contributed by atoms with Gasteiger partial charge in [0.2, 0.25) is 5.91 Å². The summed E-state index contributed by atoms with van der Waals surface area (Å²) in [6.07, 6.45) is 5.00. The van der Waals surface area contributed by atoms with E-state index in [0.29, 0.717) is 13.0 Å². The van der Waals surface area contributed by atoms with Gasteiger partial charge in [0.15, 0.2) is 0 Å². The zero-order valence-electron chi connectivity index (χ0n) is 16.7. The first kappa shape index (κ1) is 19.2. The van der Waals surface area contributed by atoms with E-state index in [9.17, 15) is 4.79 Å². The van der Waals surface area contributed by atoms with Gasteiger partial charge in [-0.2, -0.15) is 0 Å². The molecule has 0 radical (unpaired) electrons. The molecule has 1 aliphatic heterocycles. The van der Waals surface area contributed by atoms with Crippen molar-refractivity contribution in [2.24, 2.45) is 0 Å². The number of nitrogens with zero attached hydrogens (tertiary/aromatic N) is 1. The molecule has 4 nitrogen and oxygen atoms in total. The number of nitrogens with one attached hydrogen (secondary N) is 1. The Bertz CT molecular complexity index is 968. The molecule has 0 unspecified atom stereocenters. The summed E-state index contributed by atoms with van der Waals surface area (Å²) in [6.45, 7) is 2.57. The van der Waals surface area contributed by atoms with Crippen LogP contribution < -0.4 is 10.1 Å². The molecule has 1 atom stereocenters. The molecule has 0 bridgehead atoms. The Labute approximate surface area is 172 Å². The summed E-state index contributed by atoms with van der Waals surface area (Å²) in [7, 11) is 0. The first-order valence-electron chi connectivity index (χ1n) is 10.2. The number of pyridine rings is 1. The van der Waals surface area contributed by atoms with Crippen LogP contribution in [-0.4, -0.2) is 23.5 Å². The number of carbonyl (C=O) groups excluding carboxylic acids is 1. The molecule has 2 heterocycles. The lowest BCUT2D eigenvalue weighted by Gasteiger charge is -2.12. The minimum Gasteiger partial charge on any atom is -0.488 e. The molecule has 0 aliphatic carbocycles. The van der Waals surface area contributed by atoms with E-state index in [1.807, 2.05) is 49.5 Å². The standard InChI is InChI=1S/C25H26N2O2/c1-18-10-12-23(26-16-18)20-11-13-24-21(14-20)15-22(29-24)17-27-25(28)9-5-8-19-6-3-2-4-7-19/h2-4,6-7,10-14,16,22H,5,8-9,15,17H2,1H3,(H,27,28)/t22-/m0/s1. The van der Waals surface area contributed by atoms with Gasteiger partial charge in [0, 0.05) is 24.6 Å². The number of amides is 1. The fraction of sp³-hybridized carbons (Fsp3) is 0.280. The number of hydrogen-bond acceptors (Lipinski definition) is 3. The Balaban J connectivity index is 1.25. The summed E-state index contributed by atoms with van der Waals surface area (Å²) in [6, 6.07) is 20.6. The van der Waals surface area contributed by atoms with Crippen LogP contribution in [0.5, 0.6) is 5.75 Å². The van der Waals surface area contributed by atoms with Crippen LogP contribution in [0, 0.1) is 6.92 Å². The minimum atomic E-state index is -0.00991. The number of benzene rings is 2. The third-order valence-corrected chi connectivity index (χ3v) is 5.25. The third kappa shape index (κ3) is 5.02. The SMILES string of the molecule is Cc1ccc(-c2ccc3c(c2)C[C@@H](CNC(=O)CCCc2ccccc2)O3)nc1. The maximum atomic E-state index is 12.2. The number of hydrogen-bond donors (Lipinski definition) is 1. The molecule has 0 saturated carbocycles. The quantitative estimate of drug-likeness (QED) is 0.650. The normalized spacial score (nSPS) is 14.9. The smallest absolute Gasteiger partial charge is 0.220 e. The Hall–Kier alpha value is -3.14. The number of carbonyl (C=O) groups is 1. The summed E-state index contributed by atoms with van der Waals surface area (Å²) < 4.78 is 6.01. The van der Waals surface area contributed by atoms with Crippen molar-refractivity contribution in [2.45, 2.75) is 38.7 Å². The molecule has 4 rings (SSSR count). The van der Waals surface area contributed by atoms with Crippen molar-refractivity contribution in [2.75, 3.05) is 6.54 Å². The molecule has 2 aromatic carbocycles. The second kappa shape index (κ2) is 8.91. The van der Waals surface area contributed by atoms with Gasteiger partial charge in [-0.3, -0.25) is 9.78 Å². The molecule has 1 amide bonds. The van der Waals surface area contributed by atoms with Crippen molar-refractivity contribution in [3.8, 4) is 17.0 Å². The van der Waals surface area contributed by atoms with E-state index in [2.05, 4.69) is 34.6 Å². The van der Waals surface area contributed by atoms with Crippen molar-refractivity contribution in [1.29, 1.82) is 0 Å². The summed E-state index contributed by atoms with van der Waals surface area (Å²) >= 11 is 0. The number of ether oxygens (including phenoxy) is 1. The first-order chi connectivity index (χ1) is 14.2. The van der Waals surface area contributed by atoms with E-state index < -0.39 is 0 Å². The molecule has 0 fully saturated rings. The number of aryl methyl sites for hydroxylation is 2. The highest BCUT2D eigenvalue weighted by atomic mass is 16.5. The molecule has 4 heteroatoms. The topological polar surface area (TPSA) is 51.2 Å². The number of aromatic nitrogens is 1. The molecular formula is C25H26N2O2. The highest BCUT2D eigenvalue weighted by Gasteiger charge is 2.23. The van der Waals surface area contributed by atoms with Crippen LogP contribution in [-0.2, 0) is 17.6 Å². The van der Waals surface area contributed by atoms with Crippen molar-refractivity contribution in [3.05, 3.63) is 83.6 Å². The van der Waals surface area contributed by atoms with Crippen LogP contribution in [0.3, 0.4) is 0 Å². The van der Waals surface area contributed by atoms with Gasteiger partial charge in [-0.05, 0) is 60.7 Å². The lowest BCUT2D eigenvalue weighted by Crippen LogP contribution is -2.34. The van der Waals surface area contributed by atoms with Gasteiger partial charge >= 0.3 is 0 Å². The molecule has 1 aliphatic rings. The predicted molar refractivity (Wildman–Crippen MR) is 115 cm³/mol. The van der Waals surface area contributed by atoms with Gasteiger partial charge in [-0.15, -0.1) is 0 Å². The molecule has 3 aromatic rings. The van der Waals surface area contributed by atoms with Crippen molar-refractivity contribution >= 4 is 5.91 Å². The van der Waals surface area contributed by atoms with Crippen molar-refractivity contribution in [1.82, 2.24) is 10.3 Å². The summed E-state index contributed by atoms with van der Waals surface area (Å²) in [4.78, 5) is 16.7. The van der Waals surface area contributed by atoms with E-state index in [-0.39, 0.29) is 12.0 Å². The van der Waals surface area contributed by atoms with E-state index in [1.165, 1.54) is 11.1 Å². The van der Waals surface area contributed by atoms with Gasteiger partial charge < -0.3 is 10.1 Å². The molecule has 0 spiro atoms. The van der Waals surface area contributed by atoms with E-state index in [0.717, 1.165) is 41.8 Å². The van der Waals surface area contributed by atoms with Gasteiger partial charge in [0.25, 0.3) is 0 Å². The Kier molecular flexibility index (Phi) is 5.89. The van der Waals surface area contributed by atoms with Crippen LogP contribution in [0.25, 0.3) is 11.3 Å². The second-order valence-corrected chi connectivity index (χ2v) is 7.63. The minimum absolute atomic E-state index is 0.00991. The van der Waals surface area contributed by atoms with Gasteiger partial charge in [0.05, 0.1) is 12.2 Å². The third-order valence-electron chi connectivity index (χ3n) is 5.25.